The van der Waals surface area contributed by atoms with Crippen molar-refractivity contribution in [1.82, 2.24) is 29.7 Å². The van der Waals surface area contributed by atoms with Crippen LogP contribution in [0.5, 0.6) is 0 Å². The van der Waals surface area contributed by atoms with Gasteiger partial charge in [-0.05, 0) is 60.9 Å². The molecule has 0 aliphatic rings. The number of halogens is 2. The Morgan fingerprint density at radius 1 is 0.685 bits per heavy atom. The molecule has 0 bridgehead atoms. The highest BCUT2D eigenvalue weighted by Gasteiger charge is 2.34. The Balaban J connectivity index is 1.47. The zero-order valence-electron chi connectivity index (χ0n) is 31.0. The molecule has 0 saturated heterocycles. The average molecular weight is 784 g/mol. The lowest BCUT2D eigenvalue weighted by atomic mass is 10.0. The molecule has 54 heavy (non-hydrogen) atoms. The molecule has 2 aromatic heterocycles. The van der Waals surface area contributed by atoms with Gasteiger partial charge in [0.05, 0.1) is 12.7 Å². The zero-order chi connectivity index (χ0) is 39.5. The minimum Gasteiger partial charge on any atom is -0.480 e. The van der Waals surface area contributed by atoms with Crippen LogP contribution in [0, 0.1) is 18.8 Å². The van der Waals surface area contributed by atoms with Crippen LogP contribution in [0.2, 0.25) is 10.0 Å². The molecule has 4 N–H and O–H groups in total. The number of hydrogen-bond donors (Lipinski definition) is 4. The molecule has 2 aromatic carbocycles. The number of nitrogens with zero attached hydrogens (tertiary/aromatic N) is 4. The quantitative estimate of drug-likeness (QED) is 0.0652. The van der Waals surface area contributed by atoms with Crippen LogP contribution in [0.15, 0.2) is 67.5 Å². The minimum absolute atomic E-state index is 0.00969. The summed E-state index contributed by atoms with van der Waals surface area (Å²) in [6.07, 6.45) is 6.63. The van der Waals surface area contributed by atoms with Gasteiger partial charge in [-0.15, -0.1) is 0 Å². The van der Waals surface area contributed by atoms with Crippen molar-refractivity contribution < 1.29 is 34.1 Å². The van der Waals surface area contributed by atoms with Crippen LogP contribution >= 0.6 is 23.2 Å². The monoisotopic (exact) mass is 782 g/mol. The number of rotatable bonds is 20. The second-order valence-corrected chi connectivity index (χ2v) is 15.3. The molecular formula is C39H48Cl2N6O7. The Morgan fingerprint density at radius 3 is 1.52 bits per heavy atom. The smallest absolute Gasteiger partial charge is 0.330 e. The third-order valence-corrected chi connectivity index (χ3v) is 9.19. The maximum Gasteiger partial charge on any atom is 0.330 e. The minimum atomic E-state index is -1.25. The number of nitrogens with one attached hydrogen (secondary N) is 2. The summed E-state index contributed by atoms with van der Waals surface area (Å²) < 4.78 is 9.01. The summed E-state index contributed by atoms with van der Waals surface area (Å²) >= 11 is 12.3. The molecule has 0 saturated carbocycles. The topological polar surface area (TPSA) is 178 Å². The summed E-state index contributed by atoms with van der Waals surface area (Å²) in [5, 5.41) is 27.2. The zero-order valence-corrected chi connectivity index (χ0v) is 32.5. The van der Waals surface area contributed by atoms with Crippen molar-refractivity contribution in [1.29, 1.82) is 0 Å². The molecule has 290 valence electrons. The van der Waals surface area contributed by atoms with Crippen LogP contribution in [0.4, 0.5) is 0 Å². The van der Waals surface area contributed by atoms with E-state index in [2.05, 4.69) is 20.6 Å². The van der Waals surface area contributed by atoms with Crippen molar-refractivity contribution in [3.8, 4) is 0 Å². The highest BCUT2D eigenvalue weighted by Crippen LogP contribution is 2.21. The first-order chi connectivity index (χ1) is 25.6. The van der Waals surface area contributed by atoms with Crippen molar-refractivity contribution >= 4 is 47.1 Å². The van der Waals surface area contributed by atoms with Crippen molar-refractivity contribution in [3.63, 3.8) is 0 Å². The molecule has 0 radical (unpaired) electrons. The third kappa shape index (κ3) is 12.8. The van der Waals surface area contributed by atoms with Gasteiger partial charge in [-0.1, -0.05) is 80.7 Å². The Labute approximate surface area is 325 Å². The normalized spacial score (nSPS) is 13.8. The van der Waals surface area contributed by atoms with Crippen molar-refractivity contribution in [3.05, 3.63) is 106 Å². The molecule has 0 fully saturated rings. The van der Waals surface area contributed by atoms with Crippen molar-refractivity contribution in [2.45, 2.75) is 97.6 Å². The fourth-order valence-corrected chi connectivity index (χ4v) is 6.67. The van der Waals surface area contributed by atoms with Gasteiger partial charge < -0.3 is 24.1 Å². The van der Waals surface area contributed by atoms with E-state index in [0.29, 0.717) is 34.5 Å². The molecule has 4 aromatic rings. The number of aryl methyl sites for hydroxylation is 1. The van der Waals surface area contributed by atoms with Gasteiger partial charge in [0.1, 0.15) is 24.2 Å². The number of benzene rings is 2. The van der Waals surface area contributed by atoms with Crippen molar-refractivity contribution in [2.24, 2.45) is 11.8 Å². The Kier molecular flexibility index (Phi) is 15.4. The predicted octanol–water partition coefficient (Wildman–Crippen LogP) is 5.56. The molecule has 0 aliphatic carbocycles. The van der Waals surface area contributed by atoms with Gasteiger partial charge in [0.2, 0.25) is 0 Å². The van der Waals surface area contributed by atoms with Gasteiger partial charge in [-0.3, -0.25) is 20.2 Å². The molecule has 4 rings (SSSR count). The number of imidazole rings is 2. The fourth-order valence-electron chi connectivity index (χ4n) is 6.10. The SMILES string of the molecule is Cc1ccc(Cn2cncc2CC(NC(CC(C)C)C(=O)OC(=O)C(CC(C)C)NC(Cc2cncn2Cc2cc(Cl)cc(Cl)c2)C(=O)O)C(=O)O)cc1. The second-order valence-electron chi connectivity index (χ2n) is 14.4. The second kappa shape index (κ2) is 19.7. The van der Waals surface area contributed by atoms with E-state index >= 15 is 0 Å². The molecule has 0 aliphatic heterocycles. The van der Waals surface area contributed by atoms with E-state index in [9.17, 15) is 29.4 Å². The van der Waals surface area contributed by atoms with E-state index in [1.165, 1.54) is 0 Å². The maximum atomic E-state index is 13.6. The summed E-state index contributed by atoms with van der Waals surface area (Å²) in [5.74, 6) is -4.46. The summed E-state index contributed by atoms with van der Waals surface area (Å²) in [6, 6.07) is 8.32. The molecule has 0 amide bonds. The van der Waals surface area contributed by atoms with Crippen LogP contribution in [0.25, 0.3) is 0 Å². The van der Waals surface area contributed by atoms with E-state index < -0.39 is 48.0 Å². The predicted molar refractivity (Wildman–Crippen MR) is 204 cm³/mol. The van der Waals surface area contributed by atoms with Gasteiger partial charge in [-0.2, -0.15) is 0 Å². The number of esters is 2. The number of carbonyl (C=O) groups is 4. The number of aromatic nitrogens is 4. The summed E-state index contributed by atoms with van der Waals surface area (Å²) in [5.41, 5.74) is 4.13. The van der Waals surface area contributed by atoms with Crippen LogP contribution in [0.3, 0.4) is 0 Å². The van der Waals surface area contributed by atoms with Gasteiger partial charge in [-0.25, -0.2) is 19.6 Å². The highest BCUT2D eigenvalue weighted by molar-refractivity contribution is 6.34. The number of hydrogen-bond acceptors (Lipinski definition) is 9. The molecule has 13 nitrogen and oxygen atoms in total. The van der Waals surface area contributed by atoms with Crippen LogP contribution in [-0.4, -0.2) is 77.4 Å². The highest BCUT2D eigenvalue weighted by atomic mass is 35.5. The van der Waals surface area contributed by atoms with E-state index in [-0.39, 0.29) is 37.5 Å². The summed E-state index contributed by atoms with van der Waals surface area (Å²) in [7, 11) is 0. The molecule has 2 heterocycles. The molecule has 4 atom stereocenters. The summed E-state index contributed by atoms with van der Waals surface area (Å²) in [6.45, 7) is 10.2. The lowest BCUT2D eigenvalue weighted by Crippen LogP contribution is -2.53. The molecular weight excluding hydrogens is 735 g/mol. The largest absolute Gasteiger partial charge is 0.480 e. The van der Waals surface area contributed by atoms with E-state index in [1.807, 2.05) is 63.5 Å². The van der Waals surface area contributed by atoms with Gasteiger partial charge in [0.15, 0.2) is 0 Å². The first-order valence-corrected chi connectivity index (χ1v) is 18.5. The van der Waals surface area contributed by atoms with Crippen molar-refractivity contribution in [2.75, 3.05) is 0 Å². The van der Waals surface area contributed by atoms with E-state index in [0.717, 1.165) is 16.7 Å². The van der Waals surface area contributed by atoms with Gasteiger partial charge >= 0.3 is 23.9 Å². The van der Waals surface area contributed by atoms with Crippen LogP contribution in [0.1, 0.15) is 68.6 Å². The lowest BCUT2D eigenvalue weighted by Gasteiger charge is -2.26. The van der Waals surface area contributed by atoms with Gasteiger partial charge in [0, 0.05) is 59.8 Å². The number of carboxylic acid groups (broad SMARTS) is 2. The number of aliphatic carboxylic acids is 2. The maximum absolute atomic E-state index is 13.6. The standard InChI is InChI=1S/C39H48Cl2N6O7/c1-23(2)10-34(44-32(36(48)49)15-30-17-42-21-46(30)19-26-8-6-25(5)7-9-26)38(52)54-39(53)35(11-24(3)4)45-33(37(50)51)16-31-18-43-22-47(31)20-27-12-28(40)14-29(41)13-27/h6-9,12-14,17-18,21-24,32-35,44-45H,10-11,15-16,19-20H2,1-5H3,(H,48,49)(H,50,51). The Morgan fingerprint density at radius 2 is 1.11 bits per heavy atom. The number of carbonyl (C=O) groups excluding carboxylic acids is 2. The molecule has 0 spiro atoms. The van der Waals surface area contributed by atoms with Crippen LogP contribution < -0.4 is 10.6 Å². The number of carboxylic acids is 2. The summed E-state index contributed by atoms with van der Waals surface area (Å²) in [4.78, 5) is 60.7. The molecule has 4 unspecified atom stereocenters. The first kappa shape index (κ1) is 42.2. The number of ether oxygens (including phenoxy) is 1. The molecule has 15 heteroatoms. The van der Waals surface area contributed by atoms with Crippen LogP contribution in [-0.2, 0) is 49.8 Å². The van der Waals surface area contributed by atoms with Gasteiger partial charge in [0.25, 0.3) is 0 Å². The third-order valence-electron chi connectivity index (χ3n) is 8.76. The lowest BCUT2D eigenvalue weighted by molar-refractivity contribution is -0.163. The van der Waals surface area contributed by atoms with E-state index in [4.69, 9.17) is 27.9 Å². The van der Waals surface area contributed by atoms with E-state index in [1.54, 1.807) is 47.8 Å². The fraction of sp³-hybridized carbons (Fsp3) is 0.436. The average Bonchev–Trinajstić information content (AvgIpc) is 3.71. The first-order valence-electron chi connectivity index (χ1n) is 17.8. The Bertz CT molecular complexity index is 1870. The Hall–Kier alpha value is -4.56.